The summed E-state index contributed by atoms with van der Waals surface area (Å²) in [6.45, 7) is 3.24. The van der Waals surface area contributed by atoms with Crippen LogP contribution < -0.4 is 14.8 Å². The lowest BCUT2D eigenvalue weighted by Crippen LogP contribution is -2.22. The molecule has 7 heteroatoms. The molecule has 4 rings (SSSR count). The summed E-state index contributed by atoms with van der Waals surface area (Å²) >= 11 is 0. The van der Waals surface area contributed by atoms with Crippen LogP contribution in [0.2, 0.25) is 0 Å². The number of furan rings is 1. The predicted octanol–water partition coefficient (Wildman–Crippen LogP) is 5.71. The molecule has 0 aliphatic heterocycles. The molecule has 0 atom stereocenters. The van der Waals surface area contributed by atoms with E-state index >= 15 is 0 Å². The van der Waals surface area contributed by atoms with Crippen LogP contribution in [0.3, 0.4) is 0 Å². The Hall–Kier alpha value is -4.26. The van der Waals surface area contributed by atoms with Gasteiger partial charge in [0.15, 0.2) is 0 Å². The molecule has 0 radical (unpaired) electrons. The van der Waals surface area contributed by atoms with Crippen molar-refractivity contribution in [2.45, 2.75) is 26.2 Å². The van der Waals surface area contributed by atoms with Crippen LogP contribution in [0.4, 0.5) is 0 Å². The first-order valence-electron chi connectivity index (χ1n) is 11.9. The second kappa shape index (κ2) is 11.9. The van der Waals surface area contributed by atoms with Gasteiger partial charge in [-0.05, 0) is 72.9 Å². The third-order valence-corrected chi connectivity index (χ3v) is 5.79. The van der Waals surface area contributed by atoms with E-state index in [0.29, 0.717) is 26.2 Å². The minimum atomic E-state index is -0.931. The van der Waals surface area contributed by atoms with Crippen LogP contribution in [0.5, 0.6) is 11.5 Å². The zero-order valence-corrected chi connectivity index (χ0v) is 20.2. The van der Waals surface area contributed by atoms with Crippen LogP contribution in [0.15, 0.2) is 77.4 Å². The summed E-state index contributed by atoms with van der Waals surface area (Å²) in [5.41, 5.74) is 4.07. The Morgan fingerprint density at radius 3 is 2.11 bits per heavy atom. The largest absolute Gasteiger partial charge is 0.494 e. The number of nitrogens with one attached hydrogen (secondary N) is 1. The van der Waals surface area contributed by atoms with E-state index in [-0.39, 0.29) is 11.5 Å². The van der Waals surface area contributed by atoms with Crippen molar-refractivity contribution < 1.29 is 28.6 Å². The average Bonchev–Trinajstić information content (AvgIpc) is 3.28. The number of carbonyl (C=O) groups is 2. The molecule has 0 aliphatic rings. The summed E-state index contributed by atoms with van der Waals surface area (Å²) in [4.78, 5) is 22.1. The minimum absolute atomic E-state index is 0.0439. The highest BCUT2D eigenvalue weighted by atomic mass is 16.5. The summed E-state index contributed by atoms with van der Waals surface area (Å²) in [7, 11) is 0. The first kappa shape index (κ1) is 24.9. The predicted molar refractivity (Wildman–Crippen MR) is 138 cm³/mol. The maximum absolute atomic E-state index is 11.1. The lowest BCUT2D eigenvalue weighted by molar-refractivity contribution is -0.118. The van der Waals surface area contributed by atoms with Gasteiger partial charge in [0.25, 0.3) is 0 Å². The molecule has 2 N–H and O–H groups in total. The Balaban J connectivity index is 1.19. The Bertz CT molecular complexity index is 1310. The molecule has 36 heavy (non-hydrogen) atoms. The number of carbonyl (C=O) groups excluding carboxylic acids is 1. The SMILES string of the molecule is CC(=O)NCCc1coc2ccc(OCCCCOc3ccc(-c4ccc(C(=O)O)cc4)cc3)cc12. The second-order valence-corrected chi connectivity index (χ2v) is 8.46. The van der Waals surface area contributed by atoms with Gasteiger partial charge in [-0.2, -0.15) is 0 Å². The van der Waals surface area contributed by atoms with Crippen LogP contribution in [0.25, 0.3) is 22.1 Å². The van der Waals surface area contributed by atoms with Crippen LogP contribution in [0.1, 0.15) is 35.7 Å². The monoisotopic (exact) mass is 487 g/mol. The minimum Gasteiger partial charge on any atom is -0.494 e. The molecule has 0 bridgehead atoms. The van der Waals surface area contributed by atoms with Crippen molar-refractivity contribution in [3.63, 3.8) is 0 Å². The molecule has 0 aliphatic carbocycles. The number of amides is 1. The van der Waals surface area contributed by atoms with Crippen molar-refractivity contribution in [2.75, 3.05) is 19.8 Å². The van der Waals surface area contributed by atoms with Crippen molar-refractivity contribution in [1.82, 2.24) is 5.32 Å². The first-order chi connectivity index (χ1) is 17.5. The lowest BCUT2D eigenvalue weighted by Gasteiger charge is -2.09. The van der Waals surface area contributed by atoms with Crippen molar-refractivity contribution in [1.29, 1.82) is 0 Å². The van der Waals surface area contributed by atoms with Gasteiger partial charge in [0.05, 0.1) is 25.0 Å². The Morgan fingerprint density at radius 1 is 0.861 bits per heavy atom. The van der Waals surface area contributed by atoms with Crippen LogP contribution in [-0.4, -0.2) is 36.7 Å². The molecule has 4 aromatic rings. The zero-order valence-electron chi connectivity index (χ0n) is 20.2. The van der Waals surface area contributed by atoms with Gasteiger partial charge in [-0.25, -0.2) is 4.79 Å². The van der Waals surface area contributed by atoms with E-state index < -0.39 is 5.97 Å². The number of carboxylic acids is 1. The number of unbranched alkanes of at least 4 members (excludes halogenated alkanes) is 1. The third-order valence-electron chi connectivity index (χ3n) is 5.79. The number of hydrogen-bond acceptors (Lipinski definition) is 5. The number of carboxylic acid groups (broad SMARTS) is 1. The van der Waals surface area contributed by atoms with E-state index in [9.17, 15) is 9.59 Å². The maximum atomic E-state index is 11.1. The summed E-state index contributed by atoms with van der Waals surface area (Å²) in [5.74, 6) is 0.605. The number of rotatable bonds is 12. The molecule has 7 nitrogen and oxygen atoms in total. The van der Waals surface area contributed by atoms with Gasteiger partial charge >= 0.3 is 5.97 Å². The molecule has 0 fully saturated rings. The molecule has 186 valence electrons. The Kier molecular flexibility index (Phi) is 8.24. The summed E-state index contributed by atoms with van der Waals surface area (Å²) in [6, 6.07) is 20.4. The van der Waals surface area contributed by atoms with Crippen molar-refractivity contribution in [3.05, 3.63) is 84.1 Å². The highest BCUT2D eigenvalue weighted by Gasteiger charge is 2.08. The highest BCUT2D eigenvalue weighted by Crippen LogP contribution is 2.26. The molecule has 3 aromatic carbocycles. The molecular formula is C29H29NO6. The van der Waals surface area contributed by atoms with Crippen LogP contribution in [-0.2, 0) is 11.2 Å². The fourth-order valence-corrected chi connectivity index (χ4v) is 3.85. The standard InChI is InChI=1S/C29H29NO6/c1-20(31)30-15-14-24-19-36-28-13-12-26(18-27(24)28)35-17-3-2-16-34-25-10-8-22(9-11-25)21-4-6-23(7-5-21)29(32)33/h4-13,18-19H,2-3,14-17H2,1H3,(H,30,31)(H,32,33). The van der Waals surface area contributed by atoms with Gasteiger partial charge in [0.1, 0.15) is 17.1 Å². The zero-order chi connectivity index (χ0) is 25.3. The number of ether oxygens (including phenoxy) is 2. The van der Waals surface area contributed by atoms with Crippen molar-refractivity contribution >= 4 is 22.8 Å². The topological polar surface area (TPSA) is 98.0 Å². The molecule has 0 saturated heterocycles. The molecule has 0 spiro atoms. The molecule has 1 amide bonds. The van der Waals surface area contributed by atoms with Crippen molar-refractivity contribution in [2.24, 2.45) is 0 Å². The number of hydrogen-bond donors (Lipinski definition) is 2. The quantitative estimate of drug-likeness (QED) is 0.248. The third kappa shape index (κ3) is 6.66. The van der Waals surface area contributed by atoms with E-state index in [4.69, 9.17) is 19.0 Å². The van der Waals surface area contributed by atoms with E-state index in [1.807, 2.05) is 42.5 Å². The summed E-state index contributed by atoms with van der Waals surface area (Å²) in [6.07, 6.45) is 4.14. The average molecular weight is 488 g/mol. The van der Waals surface area contributed by atoms with Crippen LogP contribution >= 0.6 is 0 Å². The number of fused-ring (bicyclic) bond motifs is 1. The van der Waals surface area contributed by atoms with Gasteiger partial charge in [-0.15, -0.1) is 0 Å². The molecule has 1 aromatic heterocycles. The smallest absolute Gasteiger partial charge is 0.335 e. The van der Waals surface area contributed by atoms with Gasteiger partial charge in [0.2, 0.25) is 5.91 Å². The van der Waals surface area contributed by atoms with E-state index in [2.05, 4.69) is 5.32 Å². The number of benzene rings is 3. The maximum Gasteiger partial charge on any atom is 0.335 e. The number of aromatic carboxylic acids is 1. The normalized spacial score (nSPS) is 10.8. The van der Waals surface area contributed by atoms with Crippen molar-refractivity contribution in [3.8, 4) is 22.6 Å². The molecule has 0 unspecified atom stereocenters. The van der Waals surface area contributed by atoms with Gasteiger partial charge in [-0.3, -0.25) is 4.79 Å². The Labute approximate surface area is 209 Å². The highest BCUT2D eigenvalue weighted by molar-refractivity contribution is 5.88. The fourth-order valence-electron chi connectivity index (χ4n) is 3.85. The summed E-state index contributed by atoms with van der Waals surface area (Å²) in [5, 5.41) is 12.8. The van der Waals surface area contributed by atoms with E-state index in [0.717, 1.165) is 52.0 Å². The molecule has 1 heterocycles. The van der Waals surface area contributed by atoms with E-state index in [1.165, 1.54) is 6.92 Å². The summed E-state index contributed by atoms with van der Waals surface area (Å²) < 4.78 is 17.4. The van der Waals surface area contributed by atoms with Gasteiger partial charge in [-0.1, -0.05) is 24.3 Å². The van der Waals surface area contributed by atoms with Gasteiger partial charge < -0.3 is 24.3 Å². The van der Waals surface area contributed by atoms with E-state index in [1.54, 1.807) is 30.5 Å². The van der Waals surface area contributed by atoms with Crippen LogP contribution in [0, 0.1) is 0 Å². The fraction of sp³-hybridized carbons (Fsp3) is 0.241. The van der Waals surface area contributed by atoms with Gasteiger partial charge in [0, 0.05) is 24.4 Å². The first-order valence-corrected chi connectivity index (χ1v) is 11.9. The second-order valence-electron chi connectivity index (χ2n) is 8.46. The molecule has 0 saturated carbocycles. The lowest BCUT2D eigenvalue weighted by atomic mass is 10.0. The Morgan fingerprint density at radius 2 is 1.47 bits per heavy atom. The molecular weight excluding hydrogens is 458 g/mol.